The number of nitrogens with zero attached hydrogens (tertiary/aromatic N) is 1. The largest absolute Gasteiger partial charge is 0.494 e. The van der Waals surface area contributed by atoms with E-state index in [1.807, 2.05) is 56.3 Å². The van der Waals surface area contributed by atoms with Gasteiger partial charge in [-0.25, -0.2) is 4.99 Å². The van der Waals surface area contributed by atoms with E-state index in [0.717, 1.165) is 16.5 Å². The number of aliphatic imine (C=N–C) groups is 1. The van der Waals surface area contributed by atoms with Crippen molar-refractivity contribution < 1.29 is 15.0 Å². The molecule has 4 aromatic rings. The number of halogens is 1. The number of carboxylic acid groups (broad SMARTS) is 1. The third kappa shape index (κ3) is 4.92. The molecule has 0 saturated carbocycles. The number of carboxylic acids is 1. The fraction of sp³-hybridized carbons (Fsp3) is 0.154. The molecule has 3 aromatic carbocycles. The molecule has 0 aliphatic carbocycles. The maximum absolute atomic E-state index is 11.1. The lowest BCUT2D eigenvalue weighted by Crippen LogP contribution is -2.28. The number of H-pyrrole nitrogens is 1. The summed E-state index contributed by atoms with van der Waals surface area (Å²) in [6.07, 6.45) is -0.0722. The van der Waals surface area contributed by atoms with Crippen molar-refractivity contribution in [3.63, 3.8) is 0 Å². The van der Waals surface area contributed by atoms with Crippen molar-refractivity contribution in [3.8, 4) is 5.88 Å². The Morgan fingerprint density at radius 3 is 2.48 bits per heavy atom. The average molecular weight is 462 g/mol. The predicted octanol–water partition coefficient (Wildman–Crippen LogP) is 5.52. The van der Waals surface area contributed by atoms with E-state index in [0.29, 0.717) is 33.1 Å². The van der Waals surface area contributed by atoms with Gasteiger partial charge in [0, 0.05) is 21.5 Å². The molecule has 6 nitrogen and oxygen atoms in total. The van der Waals surface area contributed by atoms with Gasteiger partial charge in [-0.3, -0.25) is 4.79 Å². The Morgan fingerprint density at radius 1 is 1.09 bits per heavy atom. The zero-order chi connectivity index (χ0) is 23.8. The van der Waals surface area contributed by atoms with Crippen LogP contribution in [0.3, 0.4) is 0 Å². The Hall–Kier alpha value is -3.61. The minimum Gasteiger partial charge on any atom is -0.494 e. The third-order valence-electron chi connectivity index (χ3n) is 5.39. The molecule has 0 aliphatic heterocycles. The first kappa shape index (κ1) is 22.6. The van der Waals surface area contributed by atoms with E-state index in [9.17, 15) is 9.90 Å². The number of carbonyl (C=O) groups is 1. The number of fused-ring (bicyclic) bond motifs is 1. The molecule has 5 N–H and O–H groups in total. The Kier molecular flexibility index (Phi) is 5.97. The second kappa shape index (κ2) is 8.73. The number of hydrogen-bond donors (Lipinski definition) is 4. The maximum atomic E-state index is 11.1. The van der Waals surface area contributed by atoms with Gasteiger partial charge in [0.25, 0.3) is 0 Å². The van der Waals surface area contributed by atoms with Crippen LogP contribution in [0.2, 0.25) is 5.02 Å². The molecule has 0 spiro atoms. The van der Waals surface area contributed by atoms with E-state index in [2.05, 4.69) is 4.98 Å². The summed E-state index contributed by atoms with van der Waals surface area (Å²) in [7, 11) is 0. The van der Waals surface area contributed by atoms with Crippen molar-refractivity contribution >= 4 is 39.9 Å². The fourth-order valence-corrected chi connectivity index (χ4v) is 3.89. The zero-order valence-electron chi connectivity index (χ0n) is 18.3. The fourth-order valence-electron chi connectivity index (χ4n) is 3.72. The van der Waals surface area contributed by atoms with E-state index < -0.39 is 11.5 Å². The molecule has 168 valence electrons. The lowest BCUT2D eigenvalue weighted by atomic mass is 9.95. The first-order valence-electron chi connectivity index (χ1n) is 10.4. The normalized spacial score (nSPS) is 12.3. The summed E-state index contributed by atoms with van der Waals surface area (Å²) in [6, 6.07) is 20.1. The highest BCUT2D eigenvalue weighted by Gasteiger charge is 2.20. The SMILES string of the molecule is CC(C)(N)c1cccc(N=C(c2ccc(CC(=O)O)cc2)c2c(O)[nH]c3cc(Cl)ccc23)c1. The van der Waals surface area contributed by atoms with E-state index >= 15 is 0 Å². The van der Waals surface area contributed by atoms with Crippen molar-refractivity contribution in [3.05, 3.63) is 94.0 Å². The van der Waals surface area contributed by atoms with Crippen molar-refractivity contribution in [2.75, 3.05) is 0 Å². The van der Waals surface area contributed by atoms with Crippen molar-refractivity contribution in [1.29, 1.82) is 0 Å². The van der Waals surface area contributed by atoms with Crippen molar-refractivity contribution in [2.45, 2.75) is 25.8 Å². The molecule has 0 unspecified atom stereocenters. The van der Waals surface area contributed by atoms with Gasteiger partial charge in [0.2, 0.25) is 0 Å². The molecule has 0 aliphatic rings. The second-order valence-electron chi connectivity index (χ2n) is 8.54. The van der Waals surface area contributed by atoms with Gasteiger partial charge in [0.15, 0.2) is 5.88 Å². The van der Waals surface area contributed by atoms with Crippen molar-refractivity contribution in [2.24, 2.45) is 10.7 Å². The number of aromatic nitrogens is 1. The number of aliphatic carboxylic acids is 1. The second-order valence-corrected chi connectivity index (χ2v) is 8.97. The monoisotopic (exact) mass is 461 g/mol. The number of benzene rings is 3. The van der Waals surface area contributed by atoms with Gasteiger partial charge in [0.1, 0.15) is 0 Å². The summed E-state index contributed by atoms with van der Waals surface area (Å²) in [4.78, 5) is 18.9. The Bertz CT molecular complexity index is 1370. The van der Waals surface area contributed by atoms with E-state index in [4.69, 9.17) is 27.4 Å². The molecule has 0 atom stereocenters. The highest BCUT2D eigenvalue weighted by atomic mass is 35.5. The van der Waals surface area contributed by atoms with Gasteiger partial charge in [-0.1, -0.05) is 54.1 Å². The Labute approximate surface area is 196 Å². The van der Waals surface area contributed by atoms with Gasteiger partial charge in [0.05, 0.1) is 28.9 Å². The number of aromatic hydroxyl groups is 1. The third-order valence-corrected chi connectivity index (χ3v) is 5.63. The minimum atomic E-state index is -0.899. The van der Waals surface area contributed by atoms with Crippen LogP contribution in [0.5, 0.6) is 5.88 Å². The van der Waals surface area contributed by atoms with Crippen LogP contribution in [0.4, 0.5) is 5.69 Å². The summed E-state index contributed by atoms with van der Waals surface area (Å²) in [6.45, 7) is 3.85. The van der Waals surface area contributed by atoms with Gasteiger partial charge in [-0.15, -0.1) is 0 Å². The lowest BCUT2D eigenvalue weighted by molar-refractivity contribution is -0.136. The van der Waals surface area contributed by atoms with E-state index in [1.54, 1.807) is 24.3 Å². The highest BCUT2D eigenvalue weighted by molar-refractivity contribution is 6.31. The van der Waals surface area contributed by atoms with Crippen LogP contribution in [0.15, 0.2) is 71.7 Å². The van der Waals surface area contributed by atoms with Gasteiger partial charge in [-0.05, 0) is 49.2 Å². The molecule has 0 amide bonds. The van der Waals surface area contributed by atoms with Gasteiger partial charge >= 0.3 is 5.97 Å². The number of rotatable bonds is 6. The van der Waals surface area contributed by atoms with E-state index in [1.165, 1.54) is 0 Å². The van der Waals surface area contributed by atoms with Gasteiger partial charge in [-0.2, -0.15) is 0 Å². The number of hydrogen-bond acceptors (Lipinski definition) is 4. The Balaban J connectivity index is 1.92. The zero-order valence-corrected chi connectivity index (χ0v) is 19.0. The standard InChI is InChI=1S/C26H24ClN3O3/c1-26(2,28)17-4-3-5-19(13-17)29-24(16-8-6-15(7-9-16)12-22(31)32)23-20-11-10-18(27)14-21(20)30-25(23)33/h3-11,13-14,30,33H,12,28H2,1-2H3,(H,31,32). The average Bonchev–Trinajstić information content (AvgIpc) is 3.06. The number of nitrogens with one attached hydrogen (secondary N) is 1. The first-order valence-corrected chi connectivity index (χ1v) is 10.8. The predicted molar refractivity (Wildman–Crippen MR) is 132 cm³/mol. The smallest absolute Gasteiger partial charge is 0.307 e. The van der Waals surface area contributed by atoms with Crippen LogP contribution < -0.4 is 5.73 Å². The summed E-state index contributed by atoms with van der Waals surface area (Å²) >= 11 is 6.13. The van der Waals surface area contributed by atoms with Gasteiger partial charge < -0.3 is 20.9 Å². The van der Waals surface area contributed by atoms with Crippen LogP contribution in [-0.4, -0.2) is 26.9 Å². The lowest BCUT2D eigenvalue weighted by Gasteiger charge is -2.19. The van der Waals surface area contributed by atoms with E-state index in [-0.39, 0.29) is 12.3 Å². The number of aromatic amines is 1. The van der Waals surface area contributed by atoms with Crippen LogP contribution in [0, 0.1) is 0 Å². The molecule has 1 aromatic heterocycles. The molecule has 1 heterocycles. The molecular weight excluding hydrogens is 438 g/mol. The maximum Gasteiger partial charge on any atom is 0.307 e. The van der Waals surface area contributed by atoms with Crippen LogP contribution in [0.25, 0.3) is 10.9 Å². The summed E-state index contributed by atoms with van der Waals surface area (Å²) in [5, 5.41) is 21.2. The molecule has 4 rings (SSSR count). The molecule has 33 heavy (non-hydrogen) atoms. The molecule has 7 heteroatoms. The molecule has 0 radical (unpaired) electrons. The highest BCUT2D eigenvalue weighted by Crippen LogP contribution is 2.33. The number of nitrogens with two attached hydrogens (primary N) is 1. The van der Waals surface area contributed by atoms with Crippen LogP contribution in [-0.2, 0) is 16.8 Å². The topological polar surface area (TPSA) is 112 Å². The molecule has 0 fully saturated rings. The van der Waals surface area contributed by atoms with Crippen LogP contribution >= 0.6 is 11.6 Å². The molecule has 0 bridgehead atoms. The first-order chi connectivity index (χ1) is 15.6. The molecular formula is C26H24ClN3O3. The summed E-state index contributed by atoms with van der Waals surface area (Å²) < 4.78 is 0. The van der Waals surface area contributed by atoms with Crippen molar-refractivity contribution in [1.82, 2.24) is 4.98 Å². The minimum absolute atomic E-state index is 0.0315. The quantitative estimate of drug-likeness (QED) is 0.283. The van der Waals surface area contributed by atoms with Crippen LogP contribution in [0.1, 0.15) is 36.1 Å². The summed E-state index contributed by atoms with van der Waals surface area (Å²) in [5.41, 5.74) is 10.5. The Morgan fingerprint density at radius 2 is 1.82 bits per heavy atom. The summed E-state index contributed by atoms with van der Waals surface area (Å²) in [5.74, 6) is -0.931. The molecule has 0 saturated heterocycles.